The van der Waals surface area contributed by atoms with Crippen LogP contribution in [0.4, 0.5) is 0 Å². The summed E-state index contributed by atoms with van der Waals surface area (Å²) in [4.78, 5) is -0.362. The Morgan fingerprint density at radius 2 is 1.06 bits per heavy atom. The molecule has 0 fully saturated rings. The van der Waals surface area contributed by atoms with Gasteiger partial charge in [-0.15, -0.1) is 0 Å². The Morgan fingerprint density at radius 3 is 1.47 bits per heavy atom. The van der Waals surface area contributed by atoms with Gasteiger partial charge in [0, 0.05) is 59.2 Å². The third-order valence-corrected chi connectivity index (χ3v) is 5.54. The molecule has 0 saturated carbocycles. The summed E-state index contributed by atoms with van der Waals surface area (Å²) in [6.45, 7) is 0. The zero-order valence-electron chi connectivity index (χ0n) is 16.5. The molecule has 1 aliphatic heterocycles. The van der Waals surface area contributed by atoms with Crippen molar-refractivity contribution in [3.63, 3.8) is 0 Å². The topological polar surface area (TPSA) is 259 Å². The van der Waals surface area contributed by atoms with Crippen molar-refractivity contribution in [3.8, 4) is 34.5 Å². The van der Waals surface area contributed by atoms with Gasteiger partial charge in [-0.25, -0.2) is 0 Å². The fourth-order valence-corrected chi connectivity index (χ4v) is 4.11. The third-order valence-electron chi connectivity index (χ3n) is 4.62. The first-order valence-electron chi connectivity index (χ1n) is 8.04. The van der Waals surface area contributed by atoms with Crippen molar-refractivity contribution in [3.05, 3.63) is 65.2 Å². The molecule has 0 bridgehead atoms. The zero-order valence-corrected chi connectivity index (χ0v) is 21.3. The van der Waals surface area contributed by atoms with E-state index in [0.717, 1.165) is 0 Å². The molecule has 0 amide bonds. The third kappa shape index (κ3) is 5.88. The Bertz CT molecular complexity index is 1180. The van der Waals surface area contributed by atoms with E-state index in [1.165, 1.54) is 42.5 Å². The van der Waals surface area contributed by atoms with E-state index in [2.05, 4.69) is 0 Å². The van der Waals surface area contributed by atoms with E-state index >= 15 is 0 Å². The maximum Gasteiger partial charge on any atom is 0.294 e. The molecule has 0 unspecified atom stereocenters. The fourth-order valence-electron chi connectivity index (χ4n) is 3.38. The number of phenols is 4. The van der Waals surface area contributed by atoms with Crippen LogP contribution >= 0.6 is 0 Å². The van der Waals surface area contributed by atoms with Crippen LogP contribution in [0.5, 0.6) is 34.5 Å². The van der Waals surface area contributed by atoms with Crippen molar-refractivity contribution in [2.24, 2.45) is 0 Å². The molecule has 1 aliphatic rings. The van der Waals surface area contributed by atoms with Gasteiger partial charge in [0.05, 0.1) is 4.90 Å². The molecule has 3 aromatic rings. The van der Waals surface area contributed by atoms with E-state index in [1.54, 1.807) is 6.07 Å². The average molecular weight is 658 g/mol. The fraction of sp³-hybridized carbons (Fsp3) is 0.0526. The van der Waals surface area contributed by atoms with Gasteiger partial charge in [0.15, 0.2) is 23.0 Å². The number of hydrogen-bond donors (Lipinski definition) is 5. The van der Waals surface area contributed by atoms with E-state index in [1.807, 2.05) is 0 Å². The first-order valence-corrected chi connectivity index (χ1v) is 9.48. The standard InChI is InChI=1S/C19H14O8S.2Mo.4O/c20-12-7-5-10-15(9-3-1-2-4-14(9)28(24,25)26)11-6-8-13(21)17(23)19(11)27-18(10)16(12)22;;;;;;/h1-8,15,20-23H,(H,24,25,26);;;;;;/q;;;4*-2. The summed E-state index contributed by atoms with van der Waals surface area (Å²) in [5, 5.41) is 40.1. The summed E-state index contributed by atoms with van der Waals surface area (Å²) in [5.74, 6) is -3.49. The molecule has 34 heavy (non-hydrogen) atoms. The molecule has 1 heterocycles. The van der Waals surface area contributed by atoms with Crippen LogP contribution in [0.3, 0.4) is 0 Å². The Morgan fingerprint density at radius 1 is 0.647 bits per heavy atom. The predicted molar refractivity (Wildman–Crippen MR) is 99.6 cm³/mol. The van der Waals surface area contributed by atoms with E-state index < -0.39 is 39.0 Å². The molecular weight excluding hydrogens is 644 g/mol. The predicted octanol–water partition coefficient (Wildman–Crippen LogP) is 2.56. The van der Waals surface area contributed by atoms with Gasteiger partial charge in [0.1, 0.15) is 0 Å². The van der Waals surface area contributed by atoms with Gasteiger partial charge in [-0.3, -0.25) is 4.55 Å². The molecule has 3 aromatic carbocycles. The zero-order chi connectivity index (χ0) is 20.2. The first-order chi connectivity index (χ1) is 13.2. The second-order valence-electron chi connectivity index (χ2n) is 6.25. The van der Waals surface area contributed by atoms with Crippen molar-refractivity contribution in [2.75, 3.05) is 0 Å². The van der Waals surface area contributed by atoms with Crippen molar-refractivity contribution in [2.45, 2.75) is 10.8 Å². The van der Waals surface area contributed by atoms with Gasteiger partial charge in [0.25, 0.3) is 10.1 Å². The second-order valence-corrected chi connectivity index (χ2v) is 7.64. The Labute approximate surface area is 222 Å². The van der Waals surface area contributed by atoms with Gasteiger partial charge in [-0.2, -0.15) is 8.42 Å². The molecule has 0 aliphatic carbocycles. The summed E-state index contributed by atoms with van der Waals surface area (Å²) >= 11 is 0. The van der Waals surface area contributed by atoms with Gasteiger partial charge in [0.2, 0.25) is 11.5 Å². The summed E-state index contributed by atoms with van der Waals surface area (Å²) < 4.78 is 39.0. The number of ether oxygens (including phenoxy) is 1. The SMILES string of the molecule is O=S(=O)(O)c1ccccc1C1c2ccc(O)c(O)c2Oc2c1ccc(O)c2O.[Mo].[Mo].[O-2].[O-2].[O-2].[O-2]. The van der Waals surface area contributed by atoms with Gasteiger partial charge < -0.3 is 47.1 Å². The number of rotatable bonds is 2. The summed E-state index contributed by atoms with van der Waals surface area (Å²) in [6, 6.07) is 11.0. The Hall–Kier alpha value is -2.21. The number of benzene rings is 3. The van der Waals surface area contributed by atoms with Crippen LogP contribution in [-0.4, -0.2) is 33.4 Å². The Balaban J connectivity index is -0.00000160. The van der Waals surface area contributed by atoms with Crippen LogP contribution in [0, 0.1) is 0 Å². The van der Waals surface area contributed by atoms with Crippen molar-refractivity contribution >= 4 is 10.1 Å². The molecule has 0 radical (unpaired) electrons. The molecule has 5 N–H and O–H groups in total. The molecule has 188 valence electrons. The minimum absolute atomic E-state index is 0. The second kappa shape index (κ2) is 13.0. The van der Waals surface area contributed by atoms with Crippen LogP contribution in [0.1, 0.15) is 22.6 Å². The molecule has 4 rings (SSSR count). The molecule has 0 aromatic heterocycles. The van der Waals surface area contributed by atoms with Gasteiger partial charge in [-0.05, 0) is 23.8 Å². The maximum absolute atomic E-state index is 11.9. The van der Waals surface area contributed by atoms with E-state index in [-0.39, 0.29) is 86.0 Å². The van der Waals surface area contributed by atoms with Crippen LogP contribution in [-0.2, 0) is 74.2 Å². The maximum atomic E-state index is 11.9. The molecular formula is C19H14Mo2O12S-8. The van der Waals surface area contributed by atoms with E-state index in [9.17, 15) is 33.4 Å². The summed E-state index contributed by atoms with van der Waals surface area (Å²) in [5.41, 5.74) is 0.749. The molecule has 12 nitrogen and oxygen atoms in total. The summed E-state index contributed by atoms with van der Waals surface area (Å²) in [7, 11) is -4.59. The number of fused-ring (bicyclic) bond motifs is 2. The molecule has 15 heteroatoms. The van der Waals surface area contributed by atoms with Crippen LogP contribution in [0.2, 0.25) is 0 Å². The van der Waals surface area contributed by atoms with Crippen LogP contribution in [0.15, 0.2) is 53.4 Å². The molecule has 0 spiro atoms. The van der Waals surface area contributed by atoms with E-state index in [0.29, 0.717) is 11.1 Å². The van der Waals surface area contributed by atoms with Crippen LogP contribution in [0.25, 0.3) is 0 Å². The van der Waals surface area contributed by atoms with E-state index in [4.69, 9.17) is 4.74 Å². The largest absolute Gasteiger partial charge is 2.00 e. The minimum Gasteiger partial charge on any atom is -2.00 e. The van der Waals surface area contributed by atoms with Gasteiger partial charge >= 0.3 is 0 Å². The average Bonchev–Trinajstić information content (AvgIpc) is 2.66. The van der Waals surface area contributed by atoms with Crippen molar-refractivity contribution in [1.29, 1.82) is 0 Å². The van der Waals surface area contributed by atoms with Gasteiger partial charge in [-0.1, -0.05) is 30.3 Å². The normalized spacial score (nSPS) is 11.1. The summed E-state index contributed by atoms with van der Waals surface area (Å²) in [6.07, 6.45) is 0. The molecule has 0 atom stereocenters. The quantitative estimate of drug-likeness (QED) is 0.121. The monoisotopic (exact) mass is 662 g/mol. The Kier molecular flexibility index (Phi) is 13.9. The minimum atomic E-state index is -4.59. The molecule has 0 saturated heterocycles. The first kappa shape index (κ1) is 36.4. The smallest absolute Gasteiger partial charge is 0.294 e. The van der Waals surface area contributed by atoms with Crippen molar-refractivity contribution in [1.82, 2.24) is 0 Å². The number of hydrogen-bond acceptors (Lipinski definition) is 7. The van der Waals surface area contributed by atoms with Crippen molar-refractivity contribution < 1.29 is 102 Å². The number of phenolic OH excluding ortho intramolecular Hbond substituents is 4. The number of aromatic hydroxyl groups is 4. The van der Waals surface area contributed by atoms with Crippen LogP contribution < -0.4 is 4.74 Å².